The summed E-state index contributed by atoms with van der Waals surface area (Å²) in [4.78, 5) is 35.5. The SMILES string of the molecule is C=C(C)C(=O)OCCCCCCOC(=O)c1cc(OCCCCCC)ccc1OCCCCCCOC(=O)CC. The fourth-order valence-corrected chi connectivity index (χ4v) is 3.72. The van der Waals surface area contributed by atoms with Gasteiger partial charge in [-0.25, -0.2) is 9.59 Å². The van der Waals surface area contributed by atoms with E-state index in [9.17, 15) is 14.4 Å². The molecule has 0 fully saturated rings. The Bertz CT molecular complexity index is 880. The van der Waals surface area contributed by atoms with Crippen molar-refractivity contribution in [3.8, 4) is 11.5 Å². The summed E-state index contributed by atoms with van der Waals surface area (Å²) >= 11 is 0. The molecule has 1 rings (SSSR count). The molecule has 0 saturated heterocycles. The zero-order valence-corrected chi connectivity index (χ0v) is 24.9. The maximum Gasteiger partial charge on any atom is 0.342 e. The van der Waals surface area contributed by atoms with Crippen LogP contribution in [-0.4, -0.2) is 50.9 Å². The molecule has 0 unspecified atom stereocenters. The van der Waals surface area contributed by atoms with Crippen molar-refractivity contribution >= 4 is 17.9 Å². The van der Waals surface area contributed by atoms with Crippen LogP contribution >= 0.6 is 0 Å². The molecular formula is C32H50O8. The van der Waals surface area contributed by atoms with Crippen LogP contribution in [0, 0.1) is 0 Å². The Morgan fingerprint density at radius 1 is 0.675 bits per heavy atom. The summed E-state index contributed by atoms with van der Waals surface area (Å²) in [7, 11) is 0. The molecule has 0 spiro atoms. The van der Waals surface area contributed by atoms with E-state index in [-0.39, 0.29) is 11.9 Å². The molecule has 0 amide bonds. The normalized spacial score (nSPS) is 10.6. The van der Waals surface area contributed by atoms with Crippen LogP contribution in [0.15, 0.2) is 30.4 Å². The highest BCUT2D eigenvalue weighted by atomic mass is 16.5. The van der Waals surface area contributed by atoms with Gasteiger partial charge in [0.15, 0.2) is 0 Å². The molecule has 40 heavy (non-hydrogen) atoms. The van der Waals surface area contributed by atoms with Gasteiger partial charge in [0.1, 0.15) is 17.1 Å². The van der Waals surface area contributed by atoms with Crippen LogP contribution in [-0.2, 0) is 23.8 Å². The van der Waals surface area contributed by atoms with Crippen molar-refractivity contribution in [3.05, 3.63) is 35.9 Å². The summed E-state index contributed by atoms with van der Waals surface area (Å²) < 4.78 is 27.6. The second-order valence-electron chi connectivity index (χ2n) is 9.87. The van der Waals surface area contributed by atoms with Crippen LogP contribution in [0.4, 0.5) is 0 Å². The van der Waals surface area contributed by atoms with Gasteiger partial charge in [-0.15, -0.1) is 0 Å². The van der Waals surface area contributed by atoms with Crippen LogP contribution < -0.4 is 9.47 Å². The maximum atomic E-state index is 12.9. The van der Waals surface area contributed by atoms with Crippen molar-refractivity contribution in [2.75, 3.05) is 33.0 Å². The van der Waals surface area contributed by atoms with E-state index in [4.69, 9.17) is 23.7 Å². The van der Waals surface area contributed by atoms with Gasteiger partial charge in [0.2, 0.25) is 0 Å². The number of carbonyl (C=O) groups excluding carboxylic acids is 3. The number of ether oxygens (including phenoxy) is 5. The fraction of sp³-hybridized carbons (Fsp3) is 0.656. The highest BCUT2D eigenvalue weighted by molar-refractivity contribution is 5.93. The molecule has 226 valence electrons. The van der Waals surface area contributed by atoms with Gasteiger partial charge < -0.3 is 23.7 Å². The van der Waals surface area contributed by atoms with Gasteiger partial charge >= 0.3 is 17.9 Å². The van der Waals surface area contributed by atoms with E-state index in [2.05, 4.69) is 13.5 Å². The molecule has 0 heterocycles. The third-order valence-electron chi connectivity index (χ3n) is 6.14. The molecule has 0 aliphatic rings. The van der Waals surface area contributed by atoms with Crippen molar-refractivity contribution < 1.29 is 38.1 Å². The quantitative estimate of drug-likeness (QED) is 0.0557. The Morgan fingerprint density at radius 3 is 1.82 bits per heavy atom. The number of hydrogen-bond acceptors (Lipinski definition) is 8. The molecule has 0 bridgehead atoms. The molecule has 0 saturated carbocycles. The average Bonchev–Trinajstić information content (AvgIpc) is 2.95. The Hall–Kier alpha value is -3.03. The third-order valence-corrected chi connectivity index (χ3v) is 6.14. The van der Waals surface area contributed by atoms with Crippen LogP contribution in [0.2, 0.25) is 0 Å². The molecule has 0 aliphatic carbocycles. The monoisotopic (exact) mass is 562 g/mol. The molecule has 0 aromatic heterocycles. The van der Waals surface area contributed by atoms with Gasteiger partial charge in [-0.05, 0) is 82.9 Å². The van der Waals surface area contributed by atoms with Crippen molar-refractivity contribution in [3.63, 3.8) is 0 Å². The Kier molecular flexibility index (Phi) is 19.9. The van der Waals surface area contributed by atoms with Gasteiger partial charge in [0.25, 0.3) is 0 Å². The van der Waals surface area contributed by atoms with E-state index in [0.717, 1.165) is 70.6 Å². The second kappa shape index (κ2) is 22.8. The average molecular weight is 563 g/mol. The Morgan fingerprint density at radius 2 is 1.23 bits per heavy atom. The van der Waals surface area contributed by atoms with Crippen LogP contribution in [0.5, 0.6) is 11.5 Å². The molecule has 0 aliphatic heterocycles. The first kappa shape index (κ1) is 35.0. The molecule has 1 aromatic carbocycles. The first-order chi connectivity index (χ1) is 19.4. The lowest BCUT2D eigenvalue weighted by Crippen LogP contribution is -2.11. The predicted octanol–water partition coefficient (Wildman–Crippen LogP) is 7.37. The maximum absolute atomic E-state index is 12.9. The second-order valence-corrected chi connectivity index (χ2v) is 9.87. The Balaban J connectivity index is 2.50. The van der Waals surface area contributed by atoms with E-state index in [1.54, 1.807) is 26.0 Å². The molecule has 8 nitrogen and oxygen atoms in total. The highest BCUT2D eigenvalue weighted by Crippen LogP contribution is 2.26. The van der Waals surface area contributed by atoms with Crippen molar-refractivity contribution in [1.29, 1.82) is 0 Å². The summed E-state index contributed by atoms with van der Waals surface area (Å²) in [6.45, 7) is 11.3. The highest BCUT2D eigenvalue weighted by Gasteiger charge is 2.16. The molecule has 1 aromatic rings. The number of benzene rings is 1. The van der Waals surface area contributed by atoms with Gasteiger partial charge in [-0.3, -0.25) is 4.79 Å². The lowest BCUT2D eigenvalue weighted by atomic mass is 10.1. The zero-order valence-electron chi connectivity index (χ0n) is 24.9. The number of rotatable bonds is 24. The fourth-order valence-electron chi connectivity index (χ4n) is 3.72. The van der Waals surface area contributed by atoms with E-state index in [1.807, 2.05) is 6.07 Å². The lowest BCUT2D eigenvalue weighted by molar-refractivity contribution is -0.143. The van der Waals surface area contributed by atoms with Crippen LogP contribution in [0.3, 0.4) is 0 Å². The van der Waals surface area contributed by atoms with Gasteiger partial charge in [-0.1, -0.05) is 39.7 Å². The molecule has 8 heteroatoms. The topological polar surface area (TPSA) is 97.4 Å². The first-order valence-corrected chi connectivity index (χ1v) is 14.9. The minimum Gasteiger partial charge on any atom is -0.494 e. The smallest absolute Gasteiger partial charge is 0.342 e. The van der Waals surface area contributed by atoms with Crippen LogP contribution in [0.1, 0.15) is 115 Å². The third kappa shape index (κ3) is 16.8. The van der Waals surface area contributed by atoms with Gasteiger partial charge in [0.05, 0.1) is 33.0 Å². The minimum absolute atomic E-state index is 0.169. The molecule has 0 N–H and O–H groups in total. The Labute approximate surface area is 240 Å². The predicted molar refractivity (Wildman–Crippen MR) is 156 cm³/mol. The largest absolute Gasteiger partial charge is 0.494 e. The lowest BCUT2D eigenvalue weighted by Gasteiger charge is -2.14. The van der Waals surface area contributed by atoms with Gasteiger partial charge in [-0.2, -0.15) is 0 Å². The number of unbranched alkanes of at least 4 members (excludes halogenated alkanes) is 9. The van der Waals surface area contributed by atoms with E-state index in [0.29, 0.717) is 62.1 Å². The first-order valence-electron chi connectivity index (χ1n) is 14.9. The summed E-state index contributed by atoms with van der Waals surface area (Å²) in [6, 6.07) is 5.30. The number of hydrogen-bond donors (Lipinski definition) is 0. The number of carbonyl (C=O) groups is 3. The summed E-state index contributed by atoms with van der Waals surface area (Å²) in [5.74, 6) is 0.146. The molecular weight excluding hydrogens is 512 g/mol. The van der Waals surface area contributed by atoms with Crippen molar-refractivity contribution in [1.82, 2.24) is 0 Å². The van der Waals surface area contributed by atoms with Crippen molar-refractivity contribution in [2.45, 2.75) is 104 Å². The summed E-state index contributed by atoms with van der Waals surface area (Å²) in [5, 5.41) is 0. The molecule has 0 atom stereocenters. The zero-order chi connectivity index (χ0) is 29.4. The summed E-state index contributed by atoms with van der Waals surface area (Å²) in [5.41, 5.74) is 0.761. The van der Waals surface area contributed by atoms with Gasteiger partial charge in [0, 0.05) is 12.0 Å². The molecule has 0 radical (unpaired) electrons. The van der Waals surface area contributed by atoms with E-state index in [1.165, 1.54) is 6.42 Å². The van der Waals surface area contributed by atoms with Crippen LogP contribution in [0.25, 0.3) is 0 Å². The van der Waals surface area contributed by atoms with Crippen molar-refractivity contribution in [2.24, 2.45) is 0 Å². The minimum atomic E-state index is -0.431. The standard InChI is InChI=1S/C32H50O8/c1-5-7-8-13-20-36-27-18-19-29(37-21-14-9-10-15-22-38-30(33)6-2)28(25-27)32(35)40-24-17-12-11-16-23-39-31(34)26(3)4/h18-19,25H,3,5-17,20-24H2,1-2,4H3. The number of esters is 3. The van der Waals surface area contributed by atoms with E-state index < -0.39 is 5.97 Å². The summed E-state index contributed by atoms with van der Waals surface area (Å²) in [6.07, 6.45) is 11.6. The van der Waals surface area contributed by atoms with E-state index >= 15 is 0 Å².